The summed E-state index contributed by atoms with van der Waals surface area (Å²) >= 11 is 0. The topological polar surface area (TPSA) is 102 Å². The van der Waals surface area contributed by atoms with Gasteiger partial charge in [0.15, 0.2) is 0 Å². The van der Waals surface area contributed by atoms with E-state index < -0.39 is 10.8 Å². The number of benzene rings is 1. The van der Waals surface area contributed by atoms with Crippen molar-refractivity contribution in [1.82, 2.24) is 10.2 Å². The van der Waals surface area contributed by atoms with Crippen LogP contribution in [0.15, 0.2) is 18.2 Å². The number of hydrogen-bond donors (Lipinski definition) is 1. The Kier molecular flexibility index (Phi) is 7.84. The average Bonchev–Trinajstić information content (AvgIpc) is 2.61. The van der Waals surface area contributed by atoms with Crippen LogP contribution in [0, 0.1) is 17.0 Å². The first-order valence-corrected chi connectivity index (χ1v) is 7.88. The molecule has 0 spiro atoms. The highest BCUT2D eigenvalue weighted by Crippen LogP contribution is 2.22. The van der Waals surface area contributed by atoms with E-state index in [0.717, 1.165) is 0 Å². The molecule has 1 saturated heterocycles. The zero-order valence-corrected chi connectivity index (χ0v) is 14.2. The van der Waals surface area contributed by atoms with Gasteiger partial charge in [0, 0.05) is 18.7 Å². The summed E-state index contributed by atoms with van der Waals surface area (Å²) in [6, 6.07) is 4.51. The molecular formula is C16H23N3O5. The van der Waals surface area contributed by atoms with Gasteiger partial charge in [-0.15, -0.1) is 0 Å². The van der Waals surface area contributed by atoms with E-state index in [1.54, 1.807) is 24.0 Å². The molecule has 1 heterocycles. The van der Waals surface area contributed by atoms with Crippen LogP contribution in [0.1, 0.15) is 29.8 Å². The van der Waals surface area contributed by atoms with Crippen LogP contribution >= 0.6 is 0 Å². The molecule has 0 unspecified atom stereocenters. The molecular weight excluding hydrogens is 314 g/mol. The highest BCUT2D eigenvalue weighted by Gasteiger charge is 2.23. The quantitative estimate of drug-likeness (QED) is 0.663. The SMILES string of the molecule is CC.Cc1cccc(C(=O)NCC(=O)N2CCOCC2)c1[N+](=O)[O-]. The number of ether oxygens (including phenoxy) is 1. The standard InChI is InChI=1S/C14H17N3O5.C2H6/c1-10-3-2-4-11(13(10)17(20)21)14(19)15-9-12(18)16-5-7-22-8-6-16;1-2/h2-4H,5-9H2,1H3,(H,15,19);1-2H3. The van der Waals surface area contributed by atoms with Gasteiger partial charge in [-0.2, -0.15) is 0 Å². The first kappa shape index (κ1) is 19.6. The first-order chi connectivity index (χ1) is 11.5. The minimum absolute atomic E-state index is 0.0419. The number of nitrogens with one attached hydrogen (secondary N) is 1. The summed E-state index contributed by atoms with van der Waals surface area (Å²) in [5, 5.41) is 13.5. The highest BCUT2D eigenvalue weighted by molar-refractivity contribution is 6.00. The third-order valence-corrected chi connectivity index (χ3v) is 3.43. The summed E-state index contributed by atoms with van der Waals surface area (Å²) in [6.45, 7) is 7.29. The van der Waals surface area contributed by atoms with Crippen LogP contribution in [0.5, 0.6) is 0 Å². The van der Waals surface area contributed by atoms with Crippen molar-refractivity contribution in [1.29, 1.82) is 0 Å². The zero-order chi connectivity index (χ0) is 18.1. The molecule has 1 N–H and O–H groups in total. The lowest BCUT2D eigenvalue weighted by Crippen LogP contribution is -2.45. The Balaban J connectivity index is 0.00000139. The average molecular weight is 337 g/mol. The van der Waals surface area contributed by atoms with Crippen LogP contribution < -0.4 is 5.32 Å². The summed E-state index contributed by atoms with van der Waals surface area (Å²) in [5.74, 6) is -0.857. The lowest BCUT2D eigenvalue weighted by atomic mass is 10.1. The third kappa shape index (κ3) is 5.02. The second-order valence-corrected chi connectivity index (χ2v) is 4.90. The van der Waals surface area contributed by atoms with Gasteiger partial charge >= 0.3 is 0 Å². The van der Waals surface area contributed by atoms with Gasteiger partial charge in [0.25, 0.3) is 11.6 Å². The van der Waals surface area contributed by atoms with Gasteiger partial charge in [0.1, 0.15) is 5.56 Å². The Morgan fingerprint density at radius 3 is 2.50 bits per heavy atom. The number of carbonyl (C=O) groups is 2. The predicted molar refractivity (Wildman–Crippen MR) is 88.9 cm³/mol. The van der Waals surface area contributed by atoms with Gasteiger partial charge in [-0.25, -0.2) is 0 Å². The van der Waals surface area contributed by atoms with E-state index in [9.17, 15) is 19.7 Å². The van der Waals surface area contributed by atoms with Crippen molar-refractivity contribution in [3.8, 4) is 0 Å². The molecule has 1 aromatic rings. The van der Waals surface area contributed by atoms with Crippen LogP contribution in [0.25, 0.3) is 0 Å². The van der Waals surface area contributed by atoms with E-state index in [1.807, 2.05) is 13.8 Å². The van der Waals surface area contributed by atoms with Crippen molar-refractivity contribution in [2.75, 3.05) is 32.8 Å². The van der Waals surface area contributed by atoms with Crippen LogP contribution in [-0.4, -0.2) is 54.5 Å². The molecule has 8 heteroatoms. The molecule has 0 aromatic heterocycles. The summed E-state index contributed by atoms with van der Waals surface area (Å²) < 4.78 is 5.14. The van der Waals surface area contributed by atoms with E-state index in [2.05, 4.69) is 5.32 Å². The van der Waals surface area contributed by atoms with Crippen molar-refractivity contribution in [3.05, 3.63) is 39.4 Å². The van der Waals surface area contributed by atoms with Gasteiger partial charge in [-0.3, -0.25) is 19.7 Å². The number of rotatable bonds is 4. The molecule has 132 valence electrons. The number of nitro benzene ring substituents is 1. The summed E-state index contributed by atoms with van der Waals surface area (Å²) in [6.07, 6.45) is 0. The monoisotopic (exact) mass is 337 g/mol. The lowest BCUT2D eigenvalue weighted by Gasteiger charge is -2.26. The molecule has 1 aliphatic heterocycles. The molecule has 24 heavy (non-hydrogen) atoms. The minimum atomic E-state index is -0.628. The van der Waals surface area contributed by atoms with Crippen molar-refractivity contribution >= 4 is 17.5 Å². The van der Waals surface area contributed by atoms with E-state index in [4.69, 9.17) is 4.74 Å². The van der Waals surface area contributed by atoms with Gasteiger partial charge < -0.3 is 15.0 Å². The Hall–Kier alpha value is -2.48. The van der Waals surface area contributed by atoms with Gasteiger partial charge in [-0.05, 0) is 13.0 Å². The summed E-state index contributed by atoms with van der Waals surface area (Å²) in [7, 11) is 0. The molecule has 8 nitrogen and oxygen atoms in total. The second kappa shape index (κ2) is 9.61. The molecule has 1 aromatic carbocycles. The van der Waals surface area contributed by atoms with Crippen LogP contribution in [0.3, 0.4) is 0 Å². The van der Waals surface area contributed by atoms with Crippen LogP contribution in [0.4, 0.5) is 5.69 Å². The van der Waals surface area contributed by atoms with Crippen LogP contribution in [0.2, 0.25) is 0 Å². The maximum Gasteiger partial charge on any atom is 0.285 e. The number of hydrogen-bond acceptors (Lipinski definition) is 5. The summed E-state index contributed by atoms with van der Waals surface area (Å²) in [4.78, 5) is 36.1. The van der Waals surface area contributed by atoms with Gasteiger partial charge in [-0.1, -0.05) is 26.0 Å². The number of para-hydroxylation sites is 1. The zero-order valence-electron chi connectivity index (χ0n) is 14.2. The molecule has 0 bridgehead atoms. The number of nitro groups is 1. The molecule has 0 aliphatic carbocycles. The number of morpholine rings is 1. The number of amides is 2. The van der Waals surface area contributed by atoms with Crippen molar-refractivity contribution in [2.45, 2.75) is 20.8 Å². The normalized spacial score (nSPS) is 13.5. The van der Waals surface area contributed by atoms with Crippen LogP contribution in [-0.2, 0) is 9.53 Å². The molecule has 0 saturated carbocycles. The third-order valence-electron chi connectivity index (χ3n) is 3.43. The summed E-state index contributed by atoms with van der Waals surface area (Å²) in [5.41, 5.74) is 0.121. The van der Waals surface area contributed by atoms with E-state index in [-0.39, 0.29) is 23.7 Å². The molecule has 0 atom stereocenters. The smallest absolute Gasteiger partial charge is 0.285 e. The van der Waals surface area contributed by atoms with Crippen molar-refractivity contribution in [3.63, 3.8) is 0 Å². The largest absolute Gasteiger partial charge is 0.378 e. The van der Waals surface area contributed by atoms with Crippen molar-refractivity contribution in [2.24, 2.45) is 0 Å². The fourth-order valence-electron chi connectivity index (χ4n) is 2.26. The first-order valence-electron chi connectivity index (χ1n) is 7.88. The lowest BCUT2D eigenvalue weighted by molar-refractivity contribution is -0.385. The predicted octanol–water partition coefficient (Wildman–Crippen LogP) is 1.52. The maximum absolute atomic E-state index is 12.1. The van der Waals surface area contributed by atoms with E-state index in [0.29, 0.717) is 31.9 Å². The van der Waals surface area contributed by atoms with E-state index in [1.165, 1.54) is 6.07 Å². The fourth-order valence-corrected chi connectivity index (χ4v) is 2.26. The number of carbonyl (C=O) groups excluding carboxylic acids is 2. The fraction of sp³-hybridized carbons (Fsp3) is 0.500. The maximum atomic E-state index is 12.1. The molecule has 2 rings (SSSR count). The Morgan fingerprint density at radius 1 is 1.29 bits per heavy atom. The Morgan fingerprint density at radius 2 is 1.92 bits per heavy atom. The molecule has 1 fully saturated rings. The Bertz CT molecular complexity index is 597. The molecule has 0 radical (unpaired) electrons. The molecule has 2 amide bonds. The molecule has 1 aliphatic rings. The highest BCUT2D eigenvalue weighted by atomic mass is 16.6. The minimum Gasteiger partial charge on any atom is -0.378 e. The van der Waals surface area contributed by atoms with Gasteiger partial charge in [0.2, 0.25) is 5.91 Å². The second-order valence-electron chi connectivity index (χ2n) is 4.90. The van der Waals surface area contributed by atoms with Crippen molar-refractivity contribution < 1.29 is 19.2 Å². The number of aryl methyl sites for hydroxylation is 1. The van der Waals surface area contributed by atoms with Gasteiger partial charge in [0.05, 0.1) is 24.7 Å². The number of nitrogens with zero attached hydrogens (tertiary/aromatic N) is 2. The van der Waals surface area contributed by atoms with E-state index >= 15 is 0 Å². The Labute approximate surface area is 140 Å².